The molecule has 10 heavy (non-hydrogen) atoms. The number of nitrogens with one attached hydrogen (secondary N) is 1. The molecule has 58 valence electrons. The minimum atomic E-state index is -0.719. The van der Waals surface area contributed by atoms with E-state index in [0.717, 1.165) is 0 Å². The third kappa shape index (κ3) is 4.11. The lowest BCUT2D eigenvalue weighted by Crippen LogP contribution is -2.34. The van der Waals surface area contributed by atoms with Crippen LogP contribution in [0.15, 0.2) is 0 Å². The summed E-state index contributed by atoms with van der Waals surface area (Å²) in [5, 5.41) is 2.16. The van der Waals surface area contributed by atoms with Crippen LogP contribution in [0.4, 0.5) is 0 Å². The van der Waals surface area contributed by atoms with Gasteiger partial charge in [-0.05, 0) is 0 Å². The quantitative estimate of drug-likeness (QED) is 0.550. The molecule has 0 aromatic carbocycles. The van der Waals surface area contributed by atoms with Crippen molar-refractivity contribution in [2.45, 2.75) is 0 Å². The van der Waals surface area contributed by atoms with Crippen molar-refractivity contribution in [2.75, 3.05) is 13.1 Å². The maximum Gasteiger partial charge on any atom is 0.343 e. The molecule has 0 aliphatic rings. The highest BCUT2D eigenvalue weighted by atomic mass is 35.5. The Kier molecular flexibility index (Phi) is 4.61. The first-order valence-electron chi connectivity index (χ1n) is 2.49. The summed E-state index contributed by atoms with van der Waals surface area (Å²) in [7, 11) is 0. The third-order valence-electron chi connectivity index (χ3n) is 0.701. The first-order chi connectivity index (χ1) is 4.70. The number of nitrogens with two attached hydrogens (primary N) is 1. The molecule has 0 bridgehead atoms. The van der Waals surface area contributed by atoms with E-state index in [4.69, 9.17) is 5.73 Å². The first kappa shape index (κ1) is 9.19. The maximum atomic E-state index is 10.3. The van der Waals surface area contributed by atoms with Crippen LogP contribution in [0.1, 0.15) is 0 Å². The normalized spacial score (nSPS) is 8.60. The van der Waals surface area contributed by atoms with Gasteiger partial charge < -0.3 is 15.3 Å². The first-order valence-corrected chi connectivity index (χ1v) is 2.79. The Hall–Kier alpha value is -0.810. The van der Waals surface area contributed by atoms with E-state index in [1.807, 2.05) is 0 Å². The smallest absolute Gasteiger partial charge is 0.343 e. The van der Waals surface area contributed by atoms with Gasteiger partial charge in [-0.25, -0.2) is 4.79 Å². The number of rotatable bonds is 3. The SMILES string of the molecule is NCC(=O)NCC(=O)OCl. The van der Waals surface area contributed by atoms with E-state index in [9.17, 15) is 9.59 Å². The molecule has 0 aliphatic heterocycles. The van der Waals surface area contributed by atoms with Gasteiger partial charge in [-0.1, -0.05) is 0 Å². The van der Waals surface area contributed by atoms with Crippen LogP contribution in [0.3, 0.4) is 0 Å². The van der Waals surface area contributed by atoms with Crippen molar-refractivity contribution in [3.05, 3.63) is 0 Å². The van der Waals surface area contributed by atoms with Gasteiger partial charge in [0, 0.05) is 0 Å². The summed E-state index contributed by atoms with van der Waals surface area (Å²) in [6.45, 7) is -0.408. The van der Waals surface area contributed by atoms with Gasteiger partial charge in [0.05, 0.1) is 6.54 Å². The van der Waals surface area contributed by atoms with E-state index >= 15 is 0 Å². The van der Waals surface area contributed by atoms with Crippen LogP contribution < -0.4 is 11.1 Å². The molecule has 0 radical (unpaired) electrons. The highest BCUT2D eigenvalue weighted by Crippen LogP contribution is 1.78. The predicted octanol–water partition coefficient (Wildman–Crippen LogP) is -1.24. The molecule has 0 aliphatic carbocycles. The van der Waals surface area contributed by atoms with Crippen LogP contribution in [0.25, 0.3) is 0 Å². The molecular formula is C4H7ClN2O3. The summed E-state index contributed by atoms with van der Waals surface area (Å²) in [4.78, 5) is 20.6. The average Bonchev–Trinajstić information content (AvgIpc) is 1.99. The Morgan fingerprint density at radius 2 is 2.20 bits per heavy atom. The van der Waals surface area contributed by atoms with Crippen molar-refractivity contribution >= 4 is 23.7 Å². The van der Waals surface area contributed by atoms with Gasteiger partial charge in [0.25, 0.3) is 0 Å². The van der Waals surface area contributed by atoms with Gasteiger partial charge in [-0.3, -0.25) is 4.79 Å². The molecular weight excluding hydrogens is 160 g/mol. The Morgan fingerprint density at radius 1 is 1.60 bits per heavy atom. The standard InChI is InChI=1S/C4H7ClN2O3/c5-10-4(9)2-7-3(8)1-6/h1-2,6H2,(H,7,8). The summed E-state index contributed by atoms with van der Waals surface area (Å²) in [6, 6.07) is 0. The number of carbonyl (C=O) groups is 2. The van der Waals surface area contributed by atoms with E-state index in [2.05, 4.69) is 21.5 Å². The highest BCUT2D eigenvalue weighted by Gasteiger charge is 2.02. The summed E-state index contributed by atoms with van der Waals surface area (Å²) in [6.07, 6.45) is 0. The summed E-state index contributed by atoms with van der Waals surface area (Å²) in [5.74, 6) is -1.15. The molecule has 0 heterocycles. The Balaban J connectivity index is 3.35. The van der Waals surface area contributed by atoms with Crippen LogP contribution in [0.2, 0.25) is 0 Å². The second-order valence-corrected chi connectivity index (χ2v) is 1.58. The molecule has 5 nitrogen and oxygen atoms in total. The molecule has 0 atom stereocenters. The van der Waals surface area contributed by atoms with Crippen LogP contribution >= 0.6 is 11.9 Å². The van der Waals surface area contributed by atoms with E-state index in [0.29, 0.717) is 0 Å². The lowest BCUT2D eigenvalue weighted by molar-refractivity contribution is -0.135. The largest absolute Gasteiger partial charge is 0.346 e. The van der Waals surface area contributed by atoms with Crippen molar-refractivity contribution in [3.8, 4) is 0 Å². The fourth-order valence-corrected chi connectivity index (χ4v) is 0.325. The van der Waals surface area contributed by atoms with Gasteiger partial charge in [0.2, 0.25) is 5.91 Å². The van der Waals surface area contributed by atoms with Crippen LogP contribution in [-0.4, -0.2) is 25.0 Å². The minimum absolute atomic E-state index is 0.157. The number of amides is 1. The third-order valence-corrected chi connectivity index (χ3v) is 0.873. The molecule has 0 rings (SSSR count). The minimum Gasteiger partial charge on any atom is -0.346 e. The molecule has 0 fully saturated rings. The van der Waals surface area contributed by atoms with Gasteiger partial charge in [0.1, 0.15) is 18.4 Å². The van der Waals surface area contributed by atoms with Crippen molar-refractivity contribution < 1.29 is 13.9 Å². The van der Waals surface area contributed by atoms with E-state index in [-0.39, 0.29) is 13.1 Å². The lowest BCUT2D eigenvalue weighted by Gasteiger charge is -1.97. The van der Waals surface area contributed by atoms with E-state index in [1.54, 1.807) is 0 Å². The Labute approximate surface area is 62.6 Å². The molecule has 0 aromatic rings. The topological polar surface area (TPSA) is 81.4 Å². The van der Waals surface area contributed by atoms with Crippen LogP contribution in [-0.2, 0) is 13.9 Å². The molecule has 0 saturated carbocycles. The number of carbonyl (C=O) groups excluding carboxylic acids is 2. The average molecular weight is 167 g/mol. The van der Waals surface area contributed by atoms with Crippen molar-refractivity contribution in [2.24, 2.45) is 5.73 Å². The van der Waals surface area contributed by atoms with E-state index in [1.165, 1.54) is 0 Å². The second kappa shape index (κ2) is 5.01. The van der Waals surface area contributed by atoms with Crippen LogP contribution in [0, 0.1) is 0 Å². The fourth-order valence-electron chi connectivity index (χ4n) is 0.270. The molecule has 1 amide bonds. The maximum absolute atomic E-state index is 10.3. The van der Waals surface area contributed by atoms with Crippen molar-refractivity contribution in [1.82, 2.24) is 5.32 Å². The summed E-state index contributed by atoms with van der Waals surface area (Å²) in [5.41, 5.74) is 4.90. The monoisotopic (exact) mass is 166 g/mol. The Bertz CT molecular complexity index is 122. The fraction of sp³-hybridized carbons (Fsp3) is 0.500. The number of halogens is 1. The summed E-state index contributed by atoms with van der Waals surface area (Å²) < 4.78 is 3.72. The zero-order valence-electron chi connectivity index (χ0n) is 5.09. The molecule has 6 heteroatoms. The summed E-state index contributed by atoms with van der Waals surface area (Å²) >= 11 is 4.65. The molecule has 0 aromatic heterocycles. The zero-order chi connectivity index (χ0) is 7.98. The second-order valence-electron chi connectivity index (χ2n) is 1.43. The molecule has 0 saturated heterocycles. The van der Waals surface area contributed by atoms with Crippen molar-refractivity contribution in [1.29, 1.82) is 0 Å². The molecule has 0 spiro atoms. The highest BCUT2D eigenvalue weighted by molar-refractivity contribution is 6.13. The predicted molar refractivity (Wildman–Crippen MR) is 34.0 cm³/mol. The van der Waals surface area contributed by atoms with Gasteiger partial charge in [-0.2, -0.15) is 0 Å². The van der Waals surface area contributed by atoms with Gasteiger partial charge in [0.15, 0.2) is 0 Å². The Morgan fingerprint density at radius 3 is 2.60 bits per heavy atom. The molecule has 0 unspecified atom stereocenters. The van der Waals surface area contributed by atoms with Crippen LogP contribution in [0.5, 0.6) is 0 Å². The van der Waals surface area contributed by atoms with Gasteiger partial charge in [-0.15, -0.1) is 0 Å². The zero-order valence-corrected chi connectivity index (χ0v) is 5.85. The molecule has 3 N–H and O–H groups in total. The number of hydrogen-bond acceptors (Lipinski definition) is 4. The van der Waals surface area contributed by atoms with E-state index < -0.39 is 11.9 Å². The van der Waals surface area contributed by atoms with Crippen molar-refractivity contribution in [3.63, 3.8) is 0 Å². The lowest BCUT2D eigenvalue weighted by atomic mass is 10.5. The number of hydrogen-bond donors (Lipinski definition) is 2. The van der Waals surface area contributed by atoms with Gasteiger partial charge >= 0.3 is 5.97 Å².